The van der Waals surface area contributed by atoms with Gasteiger partial charge in [0.15, 0.2) is 0 Å². The van der Waals surface area contributed by atoms with Crippen molar-refractivity contribution < 1.29 is 0 Å². The summed E-state index contributed by atoms with van der Waals surface area (Å²) >= 11 is 5.41. The van der Waals surface area contributed by atoms with E-state index in [9.17, 15) is 0 Å². The molecule has 1 aliphatic carbocycles. The first-order chi connectivity index (χ1) is 10.8. The topological polar surface area (TPSA) is 65.6 Å². The highest BCUT2D eigenvalue weighted by molar-refractivity contribution is 7.71. The number of aromatic amines is 1. The number of nitriles is 1. The Labute approximate surface area is 144 Å². The fraction of sp³-hybridized carbons (Fsp3) is 0.579. The summed E-state index contributed by atoms with van der Waals surface area (Å²) in [6, 6.07) is 4.08. The largest absolute Gasteiger partial charge is 0.398 e. The van der Waals surface area contributed by atoms with Gasteiger partial charge in [-0.3, -0.25) is 0 Å². The third-order valence-electron chi connectivity index (χ3n) is 5.11. The normalized spacial score (nSPS) is 19.8. The minimum atomic E-state index is 0.321. The molecule has 23 heavy (non-hydrogen) atoms. The molecule has 2 unspecified atom stereocenters. The first kappa shape index (κ1) is 17.7. The van der Waals surface area contributed by atoms with Crippen molar-refractivity contribution in [2.24, 2.45) is 23.0 Å². The maximum atomic E-state index is 8.81. The van der Waals surface area contributed by atoms with Gasteiger partial charge in [-0.2, -0.15) is 5.26 Å². The number of nitrogens with zero attached hydrogens (tertiary/aromatic N) is 1. The monoisotopic (exact) mass is 329 g/mol. The summed E-state index contributed by atoms with van der Waals surface area (Å²) in [5.74, 6) is 1.39. The standard InChI is InChI=1S/C19H27N3S/c1-5-15(19(2,3)4)12-6-7-17-13(10-12)11-14(18(23)22-17)16(21)8-9-20/h8,11-12,15H,5-7,10,21H2,1-4H3,(H,22,23)/b16-8-. The van der Waals surface area contributed by atoms with Crippen LogP contribution in [-0.2, 0) is 12.8 Å². The summed E-state index contributed by atoms with van der Waals surface area (Å²) in [5, 5.41) is 8.81. The van der Waals surface area contributed by atoms with E-state index < -0.39 is 0 Å². The van der Waals surface area contributed by atoms with E-state index in [4.69, 9.17) is 23.2 Å². The molecule has 2 rings (SSSR count). The van der Waals surface area contributed by atoms with Crippen LogP contribution >= 0.6 is 12.2 Å². The molecular weight excluding hydrogens is 302 g/mol. The third kappa shape index (κ3) is 3.84. The van der Waals surface area contributed by atoms with E-state index in [-0.39, 0.29) is 0 Å². The molecule has 1 aliphatic rings. The van der Waals surface area contributed by atoms with Crippen molar-refractivity contribution >= 4 is 17.9 Å². The van der Waals surface area contributed by atoms with Gasteiger partial charge in [0.25, 0.3) is 0 Å². The van der Waals surface area contributed by atoms with Gasteiger partial charge in [-0.15, -0.1) is 0 Å². The Morgan fingerprint density at radius 1 is 1.57 bits per heavy atom. The van der Waals surface area contributed by atoms with Crippen LogP contribution in [0.4, 0.5) is 0 Å². The summed E-state index contributed by atoms with van der Waals surface area (Å²) in [4.78, 5) is 3.34. The Morgan fingerprint density at radius 2 is 2.26 bits per heavy atom. The van der Waals surface area contributed by atoms with Crippen LogP contribution in [0.25, 0.3) is 5.70 Å². The number of nitrogens with two attached hydrogens (primary N) is 1. The molecule has 0 radical (unpaired) electrons. The van der Waals surface area contributed by atoms with Crippen molar-refractivity contribution in [1.29, 1.82) is 5.26 Å². The molecule has 3 N–H and O–H groups in total. The van der Waals surface area contributed by atoms with Gasteiger partial charge in [-0.05, 0) is 48.1 Å². The van der Waals surface area contributed by atoms with Crippen LogP contribution in [-0.4, -0.2) is 4.98 Å². The molecule has 3 nitrogen and oxygen atoms in total. The number of hydrogen-bond donors (Lipinski definition) is 2. The van der Waals surface area contributed by atoms with Crippen molar-refractivity contribution in [3.05, 3.63) is 33.6 Å². The lowest BCUT2D eigenvalue weighted by Gasteiger charge is -2.39. The zero-order valence-corrected chi connectivity index (χ0v) is 15.4. The molecular formula is C19H27N3S. The van der Waals surface area contributed by atoms with Gasteiger partial charge >= 0.3 is 0 Å². The van der Waals surface area contributed by atoms with Crippen LogP contribution in [0.5, 0.6) is 0 Å². The molecule has 4 heteroatoms. The second-order valence-corrected chi connectivity index (χ2v) is 8.04. The third-order valence-corrected chi connectivity index (χ3v) is 5.44. The molecule has 1 heterocycles. The minimum Gasteiger partial charge on any atom is -0.398 e. The highest BCUT2D eigenvalue weighted by Gasteiger charge is 2.33. The molecule has 0 amide bonds. The van der Waals surface area contributed by atoms with Gasteiger partial charge in [0.05, 0.1) is 11.8 Å². The number of aromatic nitrogens is 1. The van der Waals surface area contributed by atoms with E-state index in [0.29, 0.717) is 27.6 Å². The summed E-state index contributed by atoms with van der Waals surface area (Å²) in [7, 11) is 0. The molecule has 1 aromatic heterocycles. The SMILES string of the molecule is CCC(C1CCc2[nH]c(=S)c(/C(N)=C/C#N)cc2C1)C(C)(C)C. The lowest BCUT2D eigenvalue weighted by Crippen LogP contribution is -2.32. The van der Waals surface area contributed by atoms with Crippen LogP contribution in [0.15, 0.2) is 12.1 Å². The number of allylic oxidation sites excluding steroid dienone is 1. The predicted molar refractivity (Wildman–Crippen MR) is 98.2 cm³/mol. The molecule has 0 saturated heterocycles. The van der Waals surface area contributed by atoms with E-state index in [1.807, 2.05) is 6.07 Å². The smallest absolute Gasteiger partial charge is 0.112 e. The first-order valence-corrected chi connectivity index (χ1v) is 8.79. The lowest BCUT2D eigenvalue weighted by atomic mass is 9.67. The Morgan fingerprint density at radius 3 is 2.83 bits per heavy atom. The number of H-pyrrole nitrogens is 1. The summed E-state index contributed by atoms with van der Waals surface area (Å²) in [6.45, 7) is 9.32. The Bertz CT molecular complexity index is 701. The summed E-state index contributed by atoms with van der Waals surface area (Å²) < 4.78 is 0.633. The zero-order chi connectivity index (χ0) is 17.2. The minimum absolute atomic E-state index is 0.321. The van der Waals surface area contributed by atoms with Crippen molar-refractivity contribution in [3.8, 4) is 6.07 Å². The van der Waals surface area contributed by atoms with Crippen LogP contribution in [0, 0.1) is 33.2 Å². The second kappa shape index (κ2) is 6.88. The fourth-order valence-corrected chi connectivity index (χ4v) is 4.39. The Kier molecular flexibility index (Phi) is 5.31. The Hall–Kier alpha value is -1.60. The van der Waals surface area contributed by atoms with E-state index in [2.05, 4.69) is 38.7 Å². The molecule has 0 fully saturated rings. The van der Waals surface area contributed by atoms with Gasteiger partial charge < -0.3 is 10.7 Å². The van der Waals surface area contributed by atoms with Crippen molar-refractivity contribution in [2.45, 2.75) is 53.4 Å². The number of fused-ring (bicyclic) bond motifs is 1. The van der Waals surface area contributed by atoms with Gasteiger partial charge in [-0.1, -0.05) is 46.3 Å². The van der Waals surface area contributed by atoms with Crippen molar-refractivity contribution in [2.75, 3.05) is 0 Å². The number of nitrogens with one attached hydrogen (secondary N) is 1. The maximum Gasteiger partial charge on any atom is 0.112 e. The molecule has 0 aromatic carbocycles. The molecule has 0 saturated carbocycles. The average molecular weight is 330 g/mol. The lowest BCUT2D eigenvalue weighted by molar-refractivity contribution is 0.138. The molecule has 0 bridgehead atoms. The van der Waals surface area contributed by atoms with E-state index >= 15 is 0 Å². The highest BCUT2D eigenvalue weighted by Crippen LogP contribution is 2.41. The van der Waals surface area contributed by atoms with Gasteiger partial charge in [-0.25, -0.2) is 0 Å². The van der Waals surface area contributed by atoms with Crippen LogP contribution < -0.4 is 5.73 Å². The number of pyridine rings is 1. The quantitative estimate of drug-likeness (QED) is 0.621. The molecule has 0 aliphatic heterocycles. The molecule has 1 aromatic rings. The maximum absolute atomic E-state index is 8.81. The zero-order valence-electron chi connectivity index (χ0n) is 14.6. The van der Waals surface area contributed by atoms with Crippen LogP contribution in [0.1, 0.15) is 57.4 Å². The highest BCUT2D eigenvalue weighted by atomic mass is 32.1. The van der Waals surface area contributed by atoms with Gasteiger partial charge in [0.2, 0.25) is 0 Å². The summed E-state index contributed by atoms with van der Waals surface area (Å²) in [5.41, 5.74) is 10.1. The fourth-order valence-electron chi connectivity index (χ4n) is 4.09. The molecule has 0 spiro atoms. The molecule has 124 valence electrons. The number of aryl methyl sites for hydroxylation is 1. The molecule has 2 atom stereocenters. The average Bonchev–Trinajstić information content (AvgIpc) is 2.46. The predicted octanol–water partition coefficient (Wildman–Crippen LogP) is 4.74. The van der Waals surface area contributed by atoms with Gasteiger partial charge in [0.1, 0.15) is 4.64 Å². The first-order valence-electron chi connectivity index (χ1n) is 8.38. The van der Waals surface area contributed by atoms with Crippen LogP contribution in [0.3, 0.4) is 0 Å². The van der Waals surface area contributed by atoms with E-state index in [1.54, 1.807) is 0 Å². The summed E-state index contributed by atoms with van der Waals surface area (Å²) in [6.07, 6.45) is 5.87. The van der Waals surface area contributed by atoms with Crippen molar-refractivity contribution in [3.63, 3.8) is 0 Å². The Balaban J connectivity index is 2.37. The van der Waals surface area contributed by atoms with Crippen LogP contribution in [0.2, 0.25) is 0 Å². The van der Waals surface area contributed by atoms with E-state index in [0.717, 1.165) is 18.4 Å². The van der Waals surface area contributed by atoms with Crippen molar-refractivity contribution in [1.82, 2.24) is 4.98 Å². The second-order valence-electron chi connectivity index (χ2n) is 7.63. The number of hydrogen-bond acceptors (Lipinski definition) is 3. The van der Waals surface area contributed by atoms with E-state index in [1.165, 1.54) is 30.2 Å². The number of rotatable bonds is 3. The van der Waals surface area contributed by atoms with Gasteiger partial charge in [0, 0.05) is 17.3 Å².